The molecule has 9 heteroatoms. The van der Waals surface area contributed by atoms with E-state index in [0.29, 0.717) is 33.8 Å². The molecule has 3 aromatic carbocycles. The molecule has 0 aliphatic rings. The molecule has 190 valence electrons. The predicted octanol–water partition coefficient (Wildman–Crippen LogP) is 7.24. The van der Waals surface area contributed by atoms with Gasteiger partial charge in [-0.15, -0.1) is 0 Å². The number of nitrogens with zero attached hydrogens (tertiary/aromatic N) is 3. The van der Waals surface area contributed by atoms with Gasteiger partial charge in [-0.2, -0.15) is 5.10 Å². The lowest BCUT2D eigenvalue weighted by Gasteiger charge is -2.24. The molecule has 1 N–H and O–H groups in total. The van der Waals surface area contributed by atoms with Gasteiger partial charge in [0.15, 0.2) is 0 Å². The molecule has 4 rings (SSSR count). The summed E-state index contributed by atoms with van der Waals surface area (Å²) >= 11 is 18.7. The second kappa shape index (κ2) is 11.8. The number of carbonyl (C=O) groups excluding carboxylic acids is 2. The molecule has 0 unspecified atom stereocenters. The normalized spacial score (nSPS) is 11.0. The number of carbonyl (C=O) groups is 2. The Bertz CT molecular complexity index is 1420. The summed E-state index contributed by atoms with van der Waals surface area (Å²) in [5.74, 6) is -0.179. The fourth-order valence-corrected chi connectivity index (χ4v) is 4.58. The van der Waals surface area contributed by atoms with Crippen molar-refractivity contribution in [1.29, 1.82) is 0 Å². The summed E-state index contributed by atoms with van der Waals surface area (Å²) in [4.78, 5) is 28.0. The Hall–Kier alpha value is -3.32. The average molecular weight is 556 g/mol. The summed E-state index contributed by atoms with van der Waals surface area (Å²) < 4.78 is 1.59. The summed E-state index contributed by atoms with van der Waals surface area (Å²) in [6.07, 6.45) is 0. The smallest absolute Gasteiger partial charge is 0.255 e. The van der Waals surface area contributed by atoms with Crippen LogP contribution in [0.3, 0.4) is 0 Å². The van der Waals surface area contributed by atoms with Crippen molar-refractivity contribution in [3.8, 4) is 16.9 Å². The van der Waals surface area contributed by atoms with E-state index < -0.39 is 0 Å². The fraction of sp³-hybridized carbons (Fsp3) is 0.179. The molecular weight excluding hydrogens is 531 g/mol. The van der Waals surface area contributed by atoms with Crippen LogP contribution in [0.4, 0.5) is 5.82 Å². The van der Waals surface area contributed by atoms with Crippen molar-refractivity contribution in [3.05, 3.63) is 99.5 Å². The second-order valence-electron chi connectivity index (χ2n) is 8.90. The van der Waals surface area contributed by atoms with Crippen LogP contribution in [0.2, 0.25) is 15.1 Å². The molecule has 4 aromatic rings. The van der Waals surface area contributed by atoms with Crippen LogP contribution in [0.25, 0.3) is 16.9 Å². The summed E-state index contributed by atoms with van der Waals surface area (Å²) in [6.45, 7) is 4.13. The van der Waals surface area contributed by atoms with Crippen molar-refractivity contribution in [1.82, 2.24) is 14.7 Å². The van der Waals surface area contributed by atoms with Crippen LogP contribution in [0.15, 0.2) is 78.9 Å². The molecule has 0 bridgehead atoms. The van der Waals surface area contributed by atoms with Crippen LogP contribution >= 0.6 is 34.8 Å². The molecule has 0 atom stereocenters. The van der Waals surface area contributed by atoms with Gasteiger partial charge in [-0.3, -0.25) is 9.59 Å². The summed E-state index contributed by atoms with van der Waals surface area (Å²) in [7, 11) is 0. The number of aromatic nitrogens is 2. The quantitative estimate of drug-likeness (QED) is 0.249. The topological polar surface area (TPSA) is 67.2 Å². The number of rotatable bonds is 8. The standard InChI is InChI=1S/C28H25Cl3N4O2/c1-18(2)16-34(28(37)21-13-12-20(29)14-23(21)31)17-27(36)32-26-15-24(19-8-4-3-5-9-19)33-35(26)25-11-7-6-10-22(25)30/h3-15,18H,16-17H2,1-2H3,(H,32,36). The maximum atomic E-state index is 13.3. The molecule has 6 nitrogen and oxygen atoms in total. The van der Waals surface area contributed by atoms with Gasteiger partial charge in [-0.25, -0.2) is 4.68 Å². The van der Waals surface area contributed by atoms with Gasteiger partial charge in [0.25, 0.3) is 5.91 Å². The Morgan fingerprint density at radius 3 is 2.30 bits per heavy atom. The lowest BCUT2D eigenvalue weighted by atomic mass is 10.1. The van der Waals surface area contributed by atoms with E-state index in [9.17, 15) is 9.59 Å². The van der Waals surface area contributed by atoms with E-state index in [1.54, 1.807) is 28.9 Å². The third-order valence-electron chi connectivity index (χ3n) is 5.50. The van der Waals surface area contributed by atoms with E-state index in [1.807, 2.05) is 62.4 Å². The van der Waals surface area contributed by atoms with Gasteiger partial charge in [0.05, 0.1) is 27.0 Å². The van der Waals surface area contributed by atoms with Crippen molar-refractivity contribution in [2.24, 2.45) is 5.92 Å². The van der Waals surface area contributed by atoms with Crippen LogP contribution in [0.1, 0.15) is 24.2 Å². The summed E-state index contributed by atoms with van der Waals surface area (Å²) in [5.41, 5.74) is 2.45. The summed E-state index contributed by atoms with van der Waals surface area (Å²) in [5, 5.41) is 8.76. The van der Waals surface area contributed by atoms with Gasteiger partial charge < -0.3 is 10.2 Å². The Kier molecular flexibility index (Phi) is 8.54. The van der Waals surface area contributed by atoms with Gasteiger partial charge in [-0.1, -0.05) is 91.1 Å². The highest BCUT2D eigenvalue weighted by Crippen LogP contribution is 2.28. The number of hydrogen-bond donors (Lipinski definition) is 1. The lowest BCUT2D eigenvalue weighted by molar-refractivity contribution is -0.117. The summed E-state index contributed by atoms with van der Waals surface area (Å²) in [6, 6.07) is 23.3. The molecule has 0 saturated heterocycles. The zero-order valence-corrected chi connectivity index (χ0v) is 22.6. The molecule has 1 heterocycles. The molecule has 0 aliphatic heterocycles. The van der Waals surface area contributed by atoms with Crippen LogP contribution < -0.4 is 5.32 Å². The lowest BCUT2D eigenvalue weighted by Crippen LogP contribution is -2.40. The minimum atomic E-state index is -0.382. The second-order valence-corrected chi connectivity index (χ2v) is 10.1. The zero-order chi connectivity index (χ0) is 26.5. The number of para-hydroxylation sites is 1. The number of halogens is 3. The number of amides is 2. The van der Waals surface area contributed by atoms with E-state index in [2.05, 4.69) is 5.32 Å². The van der Waals surface area contributed by atoms with Gasteiger partial charge >= 0.3 is 0 Å². The Balaban J connectivity index is 1.63. The minimum Gasteiger partial charge on any atom is -0.329 e. The van der Waals surface area contributed by atoms with Crippen molar-refractivity contribution in [2.45, 2.75) is 13.8 Å². The molecule has 0 saturated carbocycles. The first kappa shape index (κ1) is 26.7. The molecule has 0 spiro atoms. The Morgan fingerprint density at radius 2 is 1.62 bits per heavy atom. The highest BCUT2D eigenvalue weighted by molar-refractivity contribution is 6.36. The molecule has 0 aliphatic carbocycles. The third kappa shape index (κ3) is 6.52. The zero-order valence-electron chi connectivity index (χ0n) is 20.3. The first-order valence-electron chi connectivity index (χ1n) is 11.7. The Labute approximate surface area is 230 Å². The maximum absolute atomic E-state index is 13.3. The van der Waals surface area contributed by atoms with Crippen molar-refractivity contribution >= 4 is 52.4 Å². The van der Waals surface area contributed by atoms with Crippen LogP contribution in [-0.2, 0) is 4.79 Å². The van der Waals surface area contributed by atoms with Crippen LogP contribution in [0.5, 0.6) is 0 Å². The first-order chi connectivity index (χ1) is 17.7. The Morgan fingerprint density at radius 1 is 0.919 bits per heavy atom. The molecule has 1 aromatic heterocycles. The van der Waals surface area contributed by atoms with E-state index in [1.165, 1.54) is 11.0 Å². The fourth-order valence-electron chi connectivity index (χ4n) is 3.88. The monoisotopic (exact) mass is 554 g/mol. The molecule has 2 amide bonds. The highest BCUT2D eigenvalue weighted by atomic mass is 35.5. The van der Waals surface area contributed by atoms with Gasteiger partial charge in [0.2, 0.25) is 5.91 Å². The average Bonchev–Trinajstić information content (AvgIpc) is 3.27. The van der Waals surface area contributed by atoms with Gasteiger partial charge in [0, 0.05) is 23.2 Å². The van der Waals surface area contributed by atoms with Crippen molar-refractivity contribution < 1.29 is 9.59 Å². The first-order valence-corrected chi connectivity index (χ1v) is 12.8. The number of anilines is 1. The van der Waals surface area contributed by atoms with E-state index >= 15 is 0 Å². The van der Waals surface area contributed by atoms with Crippen molar-refractivity contribution in [3.63, 3.8) is 0 Å². The largest absolute Gasteiger partial charge is 0.329 e. The third-order valence-corrected chi connectivity index (χ3v) is 6.36. The molecular formula is C28H25Cl3N4O2. The van der Waals surface area contributed by atoms with Gasteiger partial charge in [0.1, 0.15) is 12.4 Å². The number of benzene rings is 3. The van der Waals surface area contributed by atoms with Crippen LogP contribution in [0, 0.1) is 5.92 Å². The van der Waals surface area contributed by atoms with Crippen molar-refractivity contribution in [2.75, 3.05) is 18.4 Å². The van der Waals surface area contributed by atoms with Crippen LogP contribution in [-0.4, -0.2) is 39.6 Å². The molecule has 0 fully saturated rings. The maximum Gasteiger partial charge on any atom is 0.255 e. The number of hydrogen-bond acceptors (Lipinski definition) is 3. The molecule has 37 heavy (non-hydrogen) atoms. The van der Waals surface area contributed by atoms with Gasteiger partial charge in [-0.05, 0) is 36.2 Å². The van der Waals surface area contributed by atoms with E-state index in [4.69, 9.17) is 39.9 Å². The van der Waals surface area contributed by atoms with E-state index in [-0.39, 0.29) is 34.9 Å². The predicted molar refractivity (Wildman–Crippen MR) is 150 cm³/mol. The minimum absolute atomic E-state index is 0.126. The van der Waals surface area contributed by atoms with E-state index in [0.717, 1.165) is 5.56 Å². The highest BCUT2D eigenvalue weighted by Gasteiger charge is 2.23. The SMILES string of the molecule is CC(C)CN(CC(=O)Nc1cc(-c2ccccc2)nn1-c1ccccc1Cl)C(=O)c1ccc(Cl)cc1Cl. The molecule has 0 radical (unpaired) electrons. The number of nitrogens with one attached hydrogen (secondary N) is 1.